The molecule has 4 nitrogen and oxygen atoms in total. The molecule has 27 heavy (non-hydrogen) atoms. The lowest BCUT2D eigenvalue weighted by Crippen LogP contribution is -2.40. The summed E-state index contributed by atoms with van der Waals surface area (Å²) in [6.45, 7) is 3.00. The summed E-state index contributed by atoms with van der Waals surface area (Å²) in [7, 11) is -3.56. The second kappa shape index (κ2) is 8.71. The van der Waals surface area contributed by atoms with Crippen LogP contribution < -0.4 is 0 Å². The maximum atomic E-state index is 12.6. The van der Waals surface area contributed by atoms with Gasteiger partial charge in [-0.3, -0.25) is 0 Å². The highest BCUT2D eigenvalue weighted by Crippen LogP contribution is 2.29. The van der Waals surface area contributed by atoms with Gasteiger partial charge in [0.15, 0.2) is 6.10 Å². The summed E-state index contributed by atoms with van der Waals surface area (Å²) in [4.78, 5) is 0. The number of rotatable bonds is 4. The summed E-state index contributed by atoms with van der Waals surface area (Å²) >= 11 is 0. The SMILES string of the molecule is Cc1ccc(C2CCN(S(=O)(=O)C[C](O)C#Cc3ccccc3)CC2)cc1. The van der Waals surface area contributed by atoms with Crippen molar-refractivity contribution in [2.24, 2.45) is 0 Å². The van der Waals surface area contributed by atoms with Gasteiger partial charge in [0.1, 0.15) is 5.75 Å². The zero-order valence-corrected chi connectivity index (χ0v) is 16.2. The lowest BCUT2D eigenvalue weighted by molar-refractivity contribution is 0.311. The number of hydrogen-bond donors (Lipinski definition) is 1. The third-order valence-electron chi connectivity index (χ3n) is 4.84. The van der Waals surface area contributed by atoms with Gasteiger partial charge in [0.05, 0.1) is 0 Å². The standard InChI is InChI=1S/C22H24NO3S/c1-18-7-10-20(11-8-18)21-13-15-23(16-14-21)27(25,26)17-22(24)12-9-19-5-3-2-4-6-19/h2-8,10-11,21,24H,13-17H2,1H3. The average molecular weight is 383 g/mol. The Morgan fingerprint density at radius 1 is 1.07 bits per heavy atom. The van der Waals surface area contributed by atoms with Crippen LogP contribution in [-0.4, -0.2) is 36.7 Å². The molecule has 1 aliphatic rings. The Bertz CT molecular complexity index is 904. The van der Waals surface area contributed by atoms with Crippen LogP contribution in [0.5, 0.6) is 0 Å². The fourth-order valence-electron chi connectivity index (χ4n) is 3.27. The number of benzene rings is 2. The largest absolute Gasteiger partial charge is 0.373 e. The van der Waals surface area contributed by atoms with E-state index in [2.05, 4.69) is 43.0 Å². The Morgan fingerprint density at radius 3 is 2.33 bits per heavy atom. The van der Waals surface area contributed by atoms with Crippen LogP contribution >= 0.6 is 0 Å². The predicted octanol–water partition coefficient (Wildman–Crippen LogP) is 3.46. The summed E-state index contributed by atoms with van der Waals surface area (Å²) in [5.74, 6) is 5.27. The predicted molar refractivity (Wildman–Crippen MR) is 107 cm³/mol. The number of aryl methyl sites for hydroxylation is 1. The summed E-state index contributed by atoms with van der Waals surface area (Å²) in [5, 5.41) is 9.97. The van der Waals surface area contributed by atoms with Crippen molar-refractivity contribution in [3.63, 3.8) is 0 Å². The van der Waals surface area contributed by atoms with Crippen molar-refractivity contribution in [2.75, 3.05) is 18.8 Å². The van der Waals surface area contributed by atoms with Crippen LogP contribution in [0.1, 0.15) is 35.4 Å². The summed E-state index contributed by atoms with van der Waals surface area (Å²) in [5.41, 5.74) is 3.22. The van der Waals surface area contributed by atoms with Crippen LogP contribution in [0.3, 0.4) is 0 Å². The van der Waals surface area contributed by atoms with Crippen molar-refractivity contribution >= 4 is 10.0 Å². The first-order chi connectivity index (χ1) is 12.9. The maximum absolute atomic E-state index is 12.6. The molecule has 1 aliphatic heterocycles. The minimum Gasteiger partial charge on any atom is -0.373 e. The van der Waals surface area contributed by atoms with Crippen molar-refractivity contribution in [2.45, 2.75) is 25.7 Å². The van der Waals surface area contributed by atoms with E-state index in [4.69, 9.17) is 0 Å². The van der Waals surface area contributed by atoms with Crippen LogP contribution in [0.25, 0.3) is 0 Å². The van der Waals surface area contributed by atoms with E-state index in [-0.39, 0.29) is 6.10 Å². The quantitative estimate of drug-likeness (QED) is 0.824. The first-order valence-corrected chi connectivity index (χ1v) is 10.7. The zero-order valence-electron chi connectivity index (χ0n) is 15.4. The molecule has 0 saturated carbocycles. The van der Waals surface area contributed by atoms with E-state index in [1.54, 1.807) is 0 Å². The second-order valence-electron chi connectivity index (χ2n) is 6.90. The molecule has 1 radical (unpaired) electrons. The molecule has 0 atom stereocenters. The van der Waals surface area contributed by atoms with Gasteiger partial charge >= 0.3 is 0 Å². The molecule has 0 aliphatic carbocycles. The van der Waals surface area contributed by atoms with E-state index in [1.807, 2.05) is 30.3 Å². The van der Waals surface area contributed by atoms with Crippen LogP contribution in [-0.2, 0) is 10.0 Å². The molecule has 141 valence electrons. The van der Waals surface area contributed by atoms with E-state index in [1.165, 1.54) is 15.4 Å². The van der Waals surface area contributed by atoms with Gasteiger partial charge in [0.25, 0.3) is 0 Å². The molecular weight excluding hydrogens is 358 g/mol. The van der Waals surface area contributed by atoms with Crippen LogP contribution in [0.4, 0.5) is 0 Å². The summed E-state index contributed by atoms with van der Waals surface area (Å²) in [6, 6.07) is 17.6. The van der Waals surface area contributed by atoms with Crippen molar-refractivity contribution in [1.82, 2.24) is 4.31 Å². The first-order valence-electron chi connectivity index (χ1n) is 9.10. The molecule has 5 heteroatoms. The fourth-order valence-corrected chi connectivity index (χ4v) is 4.64. The second-order valence-corrected chi connectivity index (χ2v) is 8.87. The molecule has 0 aromatic heterocycles. The van der Waals surface area contributed by atoms with Gasteiger partial charge in [-0.25, -0.2) is 12.7 Å². The monoisotopic (exact) mass is 382 g/mol. The minimum atomic E-state index is -3.56. The molecule has 0 amide bonds. The zero-order chi connectivity index (χ0) is 19.3. The summed E-state index contributed by atoms with van der Waals surface area (Å²) in [6.07, 6.45) is 1.26. The molecular formula is C22H24NO3S. The Morgan fingerprint density at radius 2 is 1.70 bits per heavy atom. The fraction of sp³-hybridized carbons (Fsp3) is 0.318. The van der Waals surface area contributed by atoms with E-state index in [0.29, 0.717) is 19.0 Å². The van der Waals surface area contributed by atoms with E-state index >= 15 is 0 Å². The molecule has 0 bridgehead atoms. The third kappa shape index (κ3) is 5.43. The van der Waals surface area contributed by atoms with Gasteiger partial charge in [-0.1, -0.05) is 59.9 Å². The number of sulfonamides is 1. The lowest BCUT2D eigenvalue weighted by Gasteiger charge is -2.31. The number of aliphatic hydroxyl groups is 1. The molecule has 0 spiro atoms. The maximum Gasteiger partial charge on any atom is 0.218 e. The number of hydrogen-bond acceptors (Lipinski definition) is 3. The molecule has 3 rings (SSSR count). The highest BCUT2D eigenvalue weighted by atomic mass is 32.2. The van der Waals surface area contributed by atoms with Crippen LogP contribution in [0.2, 0.25) is 0 Å². The van der Waals surface area contributed by atoms with Crippen LogP contribution in [0.15, 0.2) is 54.6 Å². The van der Waals surface area contributed by atoms with E-state index in [9.17, 15) is 13.5 Å². The number of piperidine rings is 1. The van der Waals surface area contributed by atoms with Gasteiger partial charge in [-0.15, -0.1) is 0 Å². The van der Waals surface area contributed by atoms with Crippen LogP contribution in [0, 0.1) is 24.9 Å². The Labute approximate surface area is 161 Å². The molecule has 1 fully saturated rings. The molecule has 2 aromatic carbocycles. The van der Waals surface area contributed by atoms with Gasteiger partial charge in [0, 0.05) is 18.7 Å². The van der Waals surface area contributed by atoms with Gasteiger partial charge in [-0.2, -0.15) is 0 Å². The molecule has 1 heterocycles. The number of aliphatic hydroxyl groups excluding tert-OH is 1. The molecule has 2 aromatic rings. The highest BCUT2D eigenvalue weighted by molar-refractivity contribution is 7.89. The van der Waals surface area contributed by atoms with Crippen molar-refractivity contribution in [3.8, 4) is 11.8 Å². The number of nitrogens with zero attached hydrogens (tertiary/aromatic N) is 1. The average Bonchev–Trinajstić information content (AvgIpc) is 2.68. The first kappa shape index (κ1) is 19.6. The molecule has 0 unspecified atom stereocenters. The highest BCUT2D eigenvalue weighted by Gasteiger charge is 2.30. The molecule has 1 saturated heterocycles. The third-order valence-corrected chi connectivity index (χ3v) is 6.63. The van der Waals surface area contributed by atoms with E-state index < -0.39 is 15.8 Å². The molecule has 1 N–H and O–H groups in total. The van der Waals surface area contributed by atoms with Gasteiger partial charge < -0.3 is 5.11 Å². The van der Waals surface area contributed by atoms with E-state index in [0.717, 1.165) is 18.4 Å². The smallest absolute Gasteiger partial charge is 0.218 e. The minimum absolute atomic E-state index is 0.320. The Kier molecular flexibility index (Phi) is 6.33. The topological polar surface area (TPSA) is 57.6 Å². The Balaban J connectivity index is 1.56. The lowest BCUT2D eigenvalue weighted by atomic mass is 9.90. The normalized spacial score (nSPS) is 16.1. The van der Waals surface area contributed by atoms with Crippen molar-refractivity contribution < 1.29 is 13.5 Å². The van der Waals surface area contributed by atoms with Crippen molar-refractivity contribution in [3.05, 3.63) is 77.4 Å². The van der Waals surface area contributed by atoms with Gasteiger partial charge in [0.2, 0.25) is 10.0 Å². The van der Waals surface area contributed by atoms with Gasteiger partial charge in [-0.05, 0) is 43.4 Å². The Hall–Kier alpha value is -2.13. The van der Waals surface area contributed by atoms with Crippen molar-refractivity contribution in [1.29, 1.82) is 0 Å². The summed E-state index contributed by atoms with van der Waals surface area (Å²) < 4.78 is 26.6.